The monoisotopic (exact) mass is 346 g/mol. The fourth-order valence-electron chi connectivity index (χ4n) is 2.26. The molecule has 2 rings (SSSR count). The minimum atomic E-state index is -0.610. The first-order valence-electron chi connectivity index (χ1n) is 7.62. The Balaban J connectivity index is 1.90. The van der Waals surface area contributed by atoms with Crippen LogP contribution in [-0.4, -0.2) is 37.1 Å². The molecule has 7 heteroatoms. The Labute approximate surface area is 144 Å². The predicted octanol–water partition coefficient (Wildman–Crippen LogP) is 2.01. The molecule has 2 amide bonds. The molecule has 0 atom stereocenters. The number of rotatable bonds is 6. The van der Waals surface area contributed by atoms with Gasteiger partial charge in [0.05, 0.1) is 18.2 Å². The van der Waals surface area contributed by atoms with Gasteiger partial charge in [-0.1, -0.05) is 12.1 Å². The number of ether oxygens (including phenoxy) is 1. The average molecular weight is 346 g/mol. The van der Waals surface area contributed by atoms with Crippen LogP contribution in [0.4, 0.5) is 4.39 Å². The van der Waals surface area contributed by atoms with Crippen LogP contribution in [0.1, 0.15) is 26.3 Å². The van der Waals surface area contributed by atoms with E-state index >= 15 is 0 Å². The van der Waals surface area contributed by atoms with E-state index in [-0.39, 0.29) is 35.7 Å². The van der Waals surface area contributed by atoms with E-state index in [9.17, 15) is 19.1 Å². The average Bonchev–Trinajstić information content (AvgIpc) is 2.60. The Morgan fingerprint density at radius 2 is 1.68 bits per heavy atom. The quantitative estimate of drug-likeness (QED) is 0.698. The smallest absolute Gasteiger partial charge is 0.255 e. The van der Waals surface area contributed by atoms with Crippen LogP contribution in [0.2, 0.25) is 0 Å². The Bertz CT molecular complexity index is 793. The second-order valence-corrected chi connectivity index (χ2v) is 5.35. The van der Waals surface area contributed by atoms with Crippen LogP contribution in [0, 0.1) is 12.7 Å². The highest BCUT2D eigenvalue weighted by molar-refractivity contribution is 5.98. The third-order valence-corrected chi connectivity index (χ3v) is 3.50. The van der Waals surface area contributed by atoms with E-state index in [1.807, 2.05) is 0 Å². The van der Waals surface area contributed by atoms with Gasteiger partial charge in [-0.05, 0) is 36.8 Å². The number of hydrogen-bond acceptors (Lipinski definition) is 4. The molecule has 0 saturated heterocycles. The maximum Gasteiger partial charge on any atom is 0.255 e. The van der Waals surface area contributed by atoms with Gasteiger partial charge in [-0.25, -0.2) is 4.39 Å². The van der Waals surface area contributed by atoms with Crippen molar-refractivity contribution in [1.29, 1.82) is 0 Å². The second kappa shape index (κ2) is 8.14. The summed E-state index contributed by atoms with van der Waals surface area (Å²) < 4.78 is 18.5. The van der Waals surface area contributed by atoms with Crippen molar-refractivity contribution in [1.82, 2.24) is 10.6 Å². The van der Waals surface area contributed by atoms with Crippen LogP contribution in [0.25, 0.3) is 0 Å². The largest absolute Gasteiger partial charge is 0.504 e. The Morgan fingerprint density at radius 3 is 2.28 bits per heavy atom. The van der Waals surface area contributed by atoms with Gasteiger partial charge in [-0.3, -0.25) is 9.59 Å². The summed E-state index contributed by atoms with van der Waals surface area (Å²) in [6.45, 7) is 2.00. The molecule has 0 spiro atoms. The maximum absolute atomic E-state index is 13.5. The Hall–Kier alpha value is -3.09. The highest BCUT2D eigenvalue weighted by atomic mass is 19.1. The van der Waals surface area contributed by atoms with E-state index in [0.29, 0.717) is 0 Å². The van der Waals surface area contributed by atoms with Crippen molar-refractivity contribution in [2.75, 3.05) is 20.2 Å². The number of carbonyl (C=O) groups excluding carboxylic acids is 2. The van der Waals surface area contributed by atoms with E-state index in [1.54, 1.807) is 19.1 Å². The maximum atomic E-state index is 13.5. The lowest BCUT2D eigenvalue weighted by Crippen LogP contribution is -2.35. The van der Waals surface area contributed by atoms with Gasteiger partial charge >= 0.3 is 0 Å². The molecule has 2 aromatic rings. The number of carbonyl (C=O) groups is 2. The van der Waals surface area contributed by atoms with E-state index in [0.717, 1.165) is 5.56 Å². The van der Waals surface area contributed by atoms with Gasteiger partial charge in [0.15, 0.2) is 11.5 Å². The number of hydrogen-bond donors (Lipinski definition) is 3. The molecule has 3 N–H and O–H groups in total. The third-order valence-electron chi connectivity index (χ3n) is 3.50. The van der Waals surface area contributed by atoms with Gasteiger partial charge in [0, 0.05) is 13.1 Å². The normalized spacial score (nSPS) is 10.2. The fourth-order valence-corrected chi connectivity index (χ4v) is 2.26. The lowest BCUT2D eigenvalue weighted by atomic mass is 10.1. The lowest BCUT2D eigenvalue weighted by molar-refractivity contribution is 0.0923. The minimum Gasteiger partial charge on any atom is -0.504 e. The van der Waals surface area contributed by atoms with Crippen molar-refractivity contribution in [3.05, 3.63) is 58.9 Å². The first-order valence-corrected chi connectivity index (χ1v) is 7.62. The van der Waals surface area contributed by atoms with E-state index in [2.05, 4.69) is 10.6 Å². The zero-order chi connectivity index (χ0) is 18.4. The zero-order valence-corrected chi connectivity index (χ0v) is 13.9. The first kappa shape index (κ1) is 18.3. The highest BCUT2D eigenvalue weighted by Crippen LogP contribution is 2.31. The summed E-state index contributed by atoms with van der Waals surface area (Å²) >= 11 is 0. The van der Waals surface area contributed by atoms with Crippen LogP contribution in [0.15, 0.2) is 36.4 Å². The molecule has 0 aliphatic rings. The molecule has 0 heterocycles. The SMILES string of the molecule is COc1cc(C)cc(C(=O)NCCNC(=O)c2ccccc2F)c1O. The third kappa shape index (κ3) is 4.47. The number of nitrogens with one attached hydrogen (secondary N) is 2. The molecular weight excluding hydrogens is 327 g/mol. The molecule has 132 valence electrons. The summed E-state index contributed by atoms with van der Waals surface area (Å²) in [6, 6.07) is 8.78. The standard InChI is InChI=1S/C18H19FN2O4/c1-11-9-13(16(22)15(10-11)25-2)18(24)21-8-7-20-17(23)12-5-3-4-6-14(12)19/h3-6,9-10,22H,7-8H2,1-2H3,(H,20,23)(H,21,24). The molecule has 0 fully saturated rings. The number of aromatic hydroxyl groups is 1. The van der Waals surface area contributed by atoms with E-state index < -0.39 is 17.6 Å². The number of phenols is 1. The molecule has 2 aromatic carbocycles. The summed E-state index contributed by atoms with van der Waals surface area (Å²) in [6.07, 6.45) is 0. The number of benzene rings is 2. The predicted molar refractivity (Wildman–Crippen MR) is 90.5 cm³/mol. The number of aryl methyl sites for hydroxylation is 1. The van der Waals surface area contributed by atoms with Crippen molar-refractivity contribution in [3.8, 4) is 11.5 Å². The van der Waals surface area contributed by atoms with Gasteiger partial charge in [0.2, 0.25) is 0 Å². The first-order chi connectivity index (χ1) is 11.9. The summed E-state index contributed by atoms with van der Waals surface area (Å²) in [5.74, 6) is -1.72. The fraction of sp³-hybridized carbons (Fsp3) is 0.222. The van der Waals surface area contributed by atoms with Gasteiger partial charge in [-0.2, -0.15) is 0 Å². The molecule has 0 unspecified atom stereocenters. The number of methoxy groups -OCH3 is 1. The summed E-state index contributed by atoms with van der Waals surface area (Å²) in [5, 5.41) is 15.1. The summed E-state index contributed by atoms with van der Waals surface area (Å²) in [5.41, 5.74) is 0.778. The molecule has 0 aliphatic carbocycles. The van der Waals surface area contributed by atoms with Crippen molar-refractivity contribution >= 4 is 11.8 Å². The number of halogens is 1. The molecule has 6 nitrogen and oxygen atoms in total. The topological polar surface area (TPSA) is 87.7 Å². The van der Waals surface area contributed by atoms with Crippen LogP contribution >= 0.6 is 0 Å². The van der Waals surface area contributed by atoms with Crippen molar-refractivity contribution < 1.29 is 23.8 Å². The molecular formula is C18H19FN2O4. The summed E-state index contributed by atoms with van der Waals surface area (Å²) in [7, 11) is 1.40. The van der Waals surface area contributed by atoms with Crippen molar-refractivity contribution in [3.63, 3.8) is 0 Å². The van der Waals surface area contributed by atoms with Gasteiger partial charge in [-0.15, -0.1) is 0 Å². The molecule has 0 aliphatic heterocycles. The van der Waals surface area contributed by atoms with E-state index in [1.165, 1.54) is 31.4 Å². The van der Waals surface area contributed by atoms with Crippen LogP contribution in [0.5, 0.6) is 11.5 Å². The highest BCUT2D eigenvalue weighted by Gasteiger charge is 2.16. The molecule has 0 aromatic heterocycles. The van der Waals surface area contributed by atoms with E-state index in [4.69, 9.17) is 4.74 Å². The molecule has 25 heavy (non-hydrogen) atoms. The van der Waals surface area contributed by atoms with Crippen molar-refractivity contribution in [2.45, 2.75) is 6.92 Å². The molecule has 0 radical (unpaired) electrons. The minimum absolute atomic E-state index is 0.0603. The van der Waals surface area contributed by atoms with Gasteiger partial charge in [0.1, 0.15) is 5.82 Å². The number of amides is 2. The Kier molecular flexibility index (Phi) is 5.94. The Morgan fingerprint density at radius 1 is 1.08 bits per heavy atom. The zero-order valence-electron chi connectivity index (χ0n) is 13.9. The molecule has 0 bridgehead atoms. The van der Waals surface area contributed by atoms with Crippen LogP contribution < -0.4 is 15.4 Å². The van der Waals surface area contributed by atoms with Crippen LogP contribution in [-0.2, 0) is 0 Å². The summed E-state index contributed by atoms with van der Waals surface area (Å²) in [4.78, 5) is 24.0. The van der Waals surface area contributed by atoms with Crippen molar-refractivity contribution in [2.24, 2.45) is 0 Å². The molecule has 0 saturated carbocycles. The van der Waals surface area contributed by atoms with Crippen LogP contribution in [0.3, 0.4) is 0 Å². The lowest BCUT2D eigenvalue weighted by Gasteiger charge is -2.11. The second-order valence-electron chi connectivity index (χ2n) is 5.35. The number of phenolic OH excluding ortho intramolecular Hbond substituents is 1. The van der Waals surface area contributed by atoms with Gasteiger partial charge in [0.25, 0.3) is 11.8 Å². The van der Waals surface area contributed by atoms with Gasteiger partial charge < -0.3 is 20.5 Å².